The molecule has 0 unspecified atom stereocenters. The molecule has 5 heteroatoms. The number of benzene rings is 2. The van der Waals surface area contributed by atoms with E-state index in [2.05, 4.69) is 20.9 Å². The molecule has 1 aliphatic heterocycles. The van der Waals surface area contributed by atoms with E-state index in [1.54, 1.807) is 0 Å². The molecule has 0 radical (unpaired) electrons. The minimum atomic E-state index is 0.612. The number of rotatable bonds is 2. The Labute approximate surface area is 144 Å². The quantitative estimate of drug-likeness (QED) is 0.600. The molecule has 0 amide bonds. The molecule has 2 aromatic carbocycles. The third-order valence-electron chi connectivity index (χ3n) is 4.42. The fourth-order valence-corrected chi connectivity index (χ4v) is 3.27. The molecule has 5 rings (SSSR count). The van der Waals surface area contributed by atoms with Gasteiger partial charge in [0, 0.05) is 6.20 Å². The van der Waals surface area contributed by atoms with E-state index in [1.165, 1.54) is 0 Å². The molecule has 25 heavy (non-hydrogen) atoms. The van der Waals surface area contributed by atoms with Gasteiger partial charge in [0.05, 0.1) is 28.8 Å². The molecule has 0 aliphatic carbocycles. The molecule has 1 N–H and O–H groups in total. The summed E-state index contributed by atoms with van der Waals surface area (Å²) in [5, 5.41) is 0. The van der Waals surface area contributed by atoms with E-state index in [-0.39, 0.29) is 0 Å². The first kappa shape index (κ1) is 14.0. The van der Waals surface area contributed by atoms with Gasteiger partial charge in [0.15, 0.2) is 5.75 Å². The summed E-state index contributed by atoms with van der Waals surface area (Å²) in [5.74, 6) is 2.59. The van der Waals surface area contributed by atoms with Crippen molar-refractivity contribution in [2.75, 3.05) is 18.1 Å². The van der Waals surface area contributed by atoms with E-state index in [1.807, 2.05) is 60.8 Å². The lowest BCUT2D eigenvalue weighted by atomic mass is 10.1. The number of ether oxygens (including phenoxy) is 1. The zero-order valence-corrected chi connectivity index (χ0v) is 13.5. The Morgan fingerprint density at radius 2 is 1.88 bits per heavy atom. The highest BCUT2D eigenvalue weighted by Crippen LogP contribution is 2.42. The summed E-state index contributed by atoms with van der Waals surface area (Å²) < 4.78 is 6.03. The van der Waals surface area contributed by atoms with Gasteiger partial charge in [0.2, 0.25) is 0 Å². The van der Waals surface area contributed by atoms with E-state index in [4.69, 9.17) is 9.72 Å². The number of anilines is 2. The van der Waals surface area contributed by atoms with Gasteiger partial charge < -0.3 is 14.6 Å². The molecule has 0 fully saturated rings. The first-order valence-corrected chi connectivity index (χ1v) is 8.30. The number of para-hydroxylation sites is 3. The number of hydrogen-bond acceptors (Lipinski definition) is 4. The maximum Gasteiger partial charge on any atom is 0.154 e. The number of imidazole rings is 1. The van der Waals surface area contributed by atoms with Crippen molar-refractivity contribution >= 4 is 22.5 Å². The Kier molecular flexibility index (Phi) is 3.16. The predicted octanol–water partition coefficient (Wildman–Crippen LogP) is 4.16. The molecular weight excluding hydrogens is 312 g/mol. The summed E-state index contributed by atoms with van der Waals surface area (Å²) in [5.41, 5.74) is 3.96. The van der Waals surface area contributed by atoms with Gasteiger partial charge in [-0.15, -0.1) is 0 Å². The number of pyridine rings is 1. The maximum absolute atomic E-state index is 6.03. The molecule has 0 saturated heterocycles. The topological polar surface area (TPSA) is 54.0 Å². The number of H-pyrrole nitrogens is 1. The van der Waals surface area contributed by atoms with Crippen LogP contribution in [0.2, 0.25) is 0 Å². The Hall–Kier alpha value is -3.34. The molecule has 0 bridgehead atoms. The highest BCUT2D eigenvalue weighted by Gasteiger charge is 2.24. The van der Waals surface area contributed by atoms with E-state index in [9.17, 15) is 0 Å². The van der Waals surface area contributed by atoms with Crippen molar-refractivity contribution in [3.8, 4) is 17.1 Å². The summed E-state index contributed by atoms with van der Waals surface area (Å²) >= 11 is 0. The zero-order chi connectivity index (χ0) is 16.6. The summed E-state index contributed by atoms with van der Waals surface area (Å²) in [6, 6.07) is 20.1. The molecular formula is C20H16N4O. The van der Waals surface area contributed by atoms with Gasteiger partial charge >= 0.3 is 0 Å². The van der Waals surface area contributed by atoms with Crippen molar-refractivity contribution in [2.24, 2.45) is 0 Å². The van der Waals surface area contributed by atoms with Crippen LogP contribution in [-0.2, 0) is 0 Å². The largest absolute Gasteiger partial charge is 0.489 e. The van der Waals surface area contributed by atoms with Crippen molar-refractivity contribution in [3.63, 3.8) is 0 Å². The molecule has 3 heterocycles. The van der Waals surface area contributed by atoms with Crippen molar-refractivity contribution in [1.29, 1.82) is 0 Å². The van der Waals surface area contributed by atoms with Gasteiger partial charge in [0.1, 0.15) is 18.2 Å². The monoisotopic (exact) mass is 328 g/mol. The van der Waals surface area contributed by atoms with Gasteiger partial charge in [0.25, 0.3) is 0 Å². The summed E-state index contributed by atoms with van der Waals surface area (Å²) in [6.45, 7) is 1.38. The lowest BCUT2D eigenvalue weighted by molar-refractivity contribution is 0.315. The van der Waals surface area contributed by atoms with Crippen LogP contribution in [-0.4, -0.2) is 28.1 Å². The maximum atomic E-state index is 6.03. The number of aromatic nitrogens is 3. The Morgan fingerprint density at radius 3 is 2.76 bits per heavy atom. The lowest BCUT2D eigenvalue weighted by Crippen LogP contribution is -2.29. The predicted molar refractivity (Wildman–Crippen MR) is 98.3 cm³/mol. The van der Waals surface area contributed by atoms with Gasteiger partial charge in [-0.1, -0.05) is 24.3 Å². The average molecular weight is 328 g/mol. The molecule has 4 aromatic rings. The van der Waals surface area contributed by atoms with Crippen LogP contribution in [0.4, 0.5) is 11.5 Å². The number of nitrogens with one attached hydrogen (secondary N) is 1. The minimum Gasteiger partial charge on any atom is -0.489 e. The standard InChI is InChI=1S/C20H16N4O/c1-2-8-16-15(7-1)22-20(23-16)14-6-5-9-17-19(14)25-13-12-24(17)18-10-3-4-11-21-18/h1-11H,12-13H2,(H,22,23). The molecule has 0 spiro atoms. The number of nitrogens with zero attached hydrogens (tertiary/aromatic N) is 3. The molecule has 122 valence electrons. The number of aromatic amines is 1. The van der Waals surface area contributed by atoms with Crippen LogP contribution in [0.15, 0.2) is 66.9 Å². The van der Waals surface area contributed by atoms with Crippen LogP contribution in [0.5, 0.6) is 5.75 Å². The van der Waals surface area contributed by atoms with E-state index in [0.29, 0.717) is 6.61 Å². The van der Waals surface area contributed by atoms with Crippen LogP contribution in [0.1, 0.15) is 0 Å². The Bertz CT molecular complexity index is 1010. The molecule has 0 atom stereocenters. The van der Waals surface area contributed by atoms with Gasteiger partial charge in [-0.3, -0.25) is 0 Å². The highest BCUT2D eigenvalue weighted by atomic mass is 16.5. The third kappa shape index (κ3) is 2.32. The van der Waals surface area contributed by atoms with Crippen molar-refractivity contribution in [1.82, 2.24) is 15.0 Å². The van der Waals surface area contributed by atoms with Gasteiger partial charge in [-0.05, 0) is 36.4 Å². The smallest absolute Gasteiger partial charge is 0.154 e. The Morgan fingerprint density at radius 1 is 0.960 bits per heavy atom. The molecule has 0 saturated carbocycles. The summed E-state index contributed by atoms with van der Waals surface area (Å²) in [6.07, 6.45) is 1.81. The minimum absolute atomic E-state index is 0.612. The second-order valence-electron chi connectivity index (χ2n) is 5.94. The molecule has 2 aromatic heterocycles. The van der Waals surface area contributed by atoms with Crippen molar-refractivity contribution < 1.29 is 4.74 Å². The number of hydrogen-bond donors (Lipinski definition) is 1. The normalized spacial score (nSPS) is 13.5. The van der Waals surface area contributed by atoms with E-state index in [0.717, 1.165) is 46.2 Å². The van der Waals surface area contributed by atoms with Crippen molar-refractivity contribution in [3.05, 3.63) is 66.9 Å². The fraction of sp³-hybridized carbons (Fsp3) is 0.100. The van der Waals surface area contributed by atoms with Crippen LogP contribution in [0, 0.1) is 0 Å². The molecule has 5 nitrogen and oxygen atoms in total. The van der Waals surface area contributed by atoms with E-state index >= 15 is 0 Å². The zero-order valence-electron chi connectivity index (χ0n) is 13.5. The lowest BCUT2D eigenvalue weighted by Gasteiger charge is -2.31. The van der Waals surface area contributed by atoms with Crippen molar-refractivity contribution in [2.45, 2.75) is 0 Å². The Balaban J connectivity index is 1.65. The highest BCUT2D eigenvalue weighted by molar-refractivity contribution is 5.84. The first-order chi connectivity index (χ1) is 12.4. The van der Waals surface area contributed by atoms with E-state index < -0.39 is 0 Å². The molecule has 1 aliphatic rings. The summed E-state index contributed by atoms with van der Waals surface area (Å²) in [7, 11) is 0. The number of fused-ring (bicyclic) bond motifs is 2. The van der Waals surface area contributed by atoms with Crippen LogP contribution >= 0.6 is 0 Å². The van der Waals surface area contributed by atoms with Gasteiger partial charge in [-0.25, -0.2) is 9.97 Å². The third-order valence-corrected chi connectivity index (χ3v) is 4.42. The van der Waals surface area contributed by atoms with Crippen LogP contribution in [0.25, 0.3) is 22.4 Å². The average Bonchev–Trinajstić information content (AvgIpc) is 3.12. The van der Waals surface area contributed by atoms with Crippen LogP contribution < -0.4 is 9.64 Å². The SMILES string of the molecule is c1ccc(N2CCOc3c(-c4nc5ccccc5[nH]4)cccc32)nc1. The fourth-order valence-electron chi connectivity index (χ4n) is 3.27. The first-order valence-electron chi connectivity index (χ1n) is 8.30. The van der Waals surface area contributed by atoms with Gasteiger partial charge in [-0.2, -0.15) is 0 Å². The second kappa shape index (κ2) is 5.63. The van der Waals surface area contributed by atoms with Crippen LogP contribution in [0.3, 0.4) is 0 Å². The summed E-state index contributed by atoms with van der Waals surface area (Å²) in [4.78, 5) is 14.8. The second-order valence-corrected chi connectivity index (χ2v) is 5.94.